The summed E-state index contributed by atoms with van der Waals surface area (Å²) in [6, 6.07) is 11.3. The fourth-order valence-electron chi connectivity index (χ4n) is 3.39. The van der Waals surface area contributed by atoms with Gasteiger partial charge < -0.3 is 15.6 Å². The van der Waals surface area contributed by atoms with Crippen LogP contribution in [0.1, 0.15) is 11.3 Å². The lowest BCUT2D eigenvalue weighted by atomic mass is 10.1. The maximum atomic E-state index is 14.7. The van der Waals surface area contributed by atoms with E-state index in [1.165, 1.54) is 31.2 Å². The molecule has 0 radical (unpaired) electrons. The zero-order valence-corrected chi connectivity index (χ0v) is 18.7. The number of para-hydroxylation sites is 1. The van der Waals surface area contributed by atoms with Crippen LogP contribution in [0.4, 0.5) is 28.9 Å². The molecule has 7 nitrogen and oxygen atoms in total. The van der Waals surface area contributed by atoms with Crippen molar-refractivity contribution in [2.45, 2.75) is 18.0 Å². The van der Waals surface area contributed by atoms with E-state index in [1.807, 2.05) is 0 Å². The lowest BCUT2D eigenvalue weighted by Crippen LogP contribution is -2.14. The Bertz CT molecular complexity index is 1540. The molecule has 3 aromatic carbocycles. The number of fused-ring (bicyclic) bond motifs is 1. The Labute approximate surface area is 196 Å². The summed E-state index contributed by atoms with van der Waals surface area (Å²) in [6.45, 7) is 1.49. The molecular formula is C23H17F4N3O4S. The van der Waals surface area contributed by atoms with Crippen LogP contribution in [0.5, 0.6) is 17.2 Å². The second kappa shape index (κ2) is 8.62. The van der Waals surface area contributed by atoms with Gasteiger partial charge >= 0.3 is 6.18 Å². The first kappa shape index (κ1) is 24.1. The molecule has 0 amide bonds. The van der Waals surface area contributed by atoms with Crippen LogP contribution < -0.4 is 15.2 Å². The number of nitrogens with one attached hydrogen (secondary N) is 1. The highest BCUT2D eigenvalue weighted by Gasteiger charge is 2.33. The number of nitrogen functional groups attached to an aromatic ring is 1. The number of aromatic nitrogens is 1. The van der Waals surface area contributed by atoms with Crippen molar-refractivity contribution in [2.75, 3.05) is 10.5 Å². The molecule has 4 N–H and O–H groups in total. The van der Waals surface area contributed by atoms with E-state index in [0.717, 1.165) is 36.4 Å². The third kappa shape index (κ3) is 5.06. The van der Waals surface area contributed by atoms with Crippen molar-refractivity contribution < 1.29 is 35.8 Å². The molecule has 0 aliphatic carbocycles. The number of anilines is 2. The summed E-state index contributed by atoms with van der Waals surface area (Å²) < 4.78 is 87.7. The van der Waals surface area contributed by atoms with E-state index in [0.29, 0.717) is 0 Å². The van der Waals surface area contributed by atoms with Gasteiger partial charge in [0.25, 0.3) is 10.0 Å². The lowest BCUT2D eigenvalue weighted by Gasteiger charge is -2.15. The minimum atomic E-state index is -4.64. The Morgan fingerprint density at radius 1 is 1.06 bits per heavy atom. The number of sulfonamides is 1. The quantitative estimate of drug-likeness (QED) is 0.240. The van der Waals surface area contributed by atoms with E-state index in [4.69, 9.17) is 10.5 Å². The topological polar surface area (TPSA) is 115 Å². The van der Waals surface area contributed by atoms with E-state index in [-0.39, 0.29) is 44.4 Å². The summed E-state index contributed by atoms with van der Waals surface area (Å²) in [7, 11) is -4.29. The number of halogens is 4. The molecule has 35 heavy (non-hydrogen) atoms. The van der Waals surface area contributed by atoms with Gasteiger partial charge in [0.05, 0.1) is 21.7 Å². The molecule has 0 aliphatic heterocycles. The second-order valence-electron chi connectivity index (χ2n) is 7.57. The molecule has 4 rings (SSSR count). The Morgan fingerprint density at radius 3 is 2.46 bits per heavy atom. The van der Waals surface area contributed by atoms with Gasteiger partial charge in [-0.05, 0) is 37.3 Å². The number of hydrogen-bond acceptors (Lipinski definition) is 6. The first-order chi connectivity index (χ1) is 16.3. The van der Waals surface area contributed by atoms with Crippen molar-refractivity contribution in [3.05, 3.63) is 77.7 Å². The number of benzene rings is 3. The average Bonchev–Trinajstić information content (AvgIpc) is 2.74. The SMILES string of the molecule is Cc1cc(Oc2ccc(NS(=O)(=O)c3cc(N)cc(O)c3)c(F)c2)c2cccc(C(F)(F)F)c2n1. The van der Waals surface area contributed by atoms with Gasteiger partial charge in [0.15, 0.2) is 5.82 Å². The van der Waals surface area contributed by atoms with E-state index in [9.17, 15) is 31.1 Å². The normalized spacial score (nSPS) is 12.0. The number of phenolic OH excluding ortho intramolecular Hbond substituents is 1. The number of phenols is 1. The van der Waals surface area contributed by atoms with Crippen LogP contribution in [-0.4, -0.2) is 18.5 Å². The number of nitrogens with zero attached hydrogens (tertiary/aromatic N) is 1. The van der Waals surface area contributed by atoms with Gasteiger partial charge in [-0.1, -0.05) is 6.07 Å². The molecular weight excluding hydrogens is 490 g/mol. The number of ether oxygens (including phenoxy) is 1. The minimum Gasteiger partial charge on any atom is -0.508 e. The molecule has 1 aromatic heterocycles. The van der Waals surface area contributed by atoms with Crippen LogP contribution in [0, 0.1) is 12.7 Å². The highest BCUT2D eigenvalue weighted by atomic mass is 32.2. The lowest BCUT2D eigenvalue weighted by molar-refractivity contribution is -0.136. The van der Waals surface area contributed by atoms with Gasteiger partial charge in [-0.25, -0.2) is 12.8 Å². The molecule has 0 fully saturated rings. The van der Waals surface area contributed by atoms with Gasteiger partial charge in [0.1, 0.15) is 17.2 Å². The number of hydrogen-bond donors (Lipinski definition) is 3. The molecule has 0 unspecified atom stereocenters. The average molecular weight is 507 g/mol. The van der Waals surface area contributed by atoms with Crippen LogP contribution in [0.2, 0.25) is 0 Å². The minimum absolute atomic E-state index is 0.0110. The molecule has 1 heterocycles. The number of aryl methyl sites for hydroxylation is 1. The highest BCUT2D eigenvalue weighted by molar-refractivity contribution is 7.92. The summed E-state index contributed by atoms with van der Waals surface area (Å²) in [5, 5.41) is 9.65. The predicted molar refractivity (Wildman–Crippen MR) is 121 cm³/mol. The molecule has 182 valence electrons. The molecule has 0 saturated carbocycles. The monoisotopic (exact) mass is 507 g/mol. The molecule has 0 bridgehead atoms. The number of alkyl halides is 3. The van der Waals surface area contributed by atoms with E-state index >= 15 is 0 Å². The van der Waals surface area contributed by atoms with Gasteiger partial charge in [-0.15, -0.1) is 0 Å². The highest BCUT2D eigenvalue weighted by Crippen LogP contribution is 2.38. The Balaban J connectivity index is 1.66. The molecule has 0 aliphatic rings. The third-order valence-corrected chi connectivity index (χ3v) is 6.22. The number of pyridine rings is 1. The zero-order valence-electron chi connectivity index (χ0n) is 17.9. The fraction of sp³-hybridized carbons (Fsp3) is 0.0870. The summed E-state index contributed by atoms with van der Waals surface area (Å²) in [5.74, 6) is -1.47. The summed E-state index contributed by atoms with van der Waals surface area (Å²) in [4.78, 5) is 3.60. The largest absolute Gasteiger partial charge is 0.508 e. The number of aromatic hydroxyl groups is 1. The van der Waals surface area contributed by atoms with Crippen LogP contribution in [0.3, 0.4) is 0 Å². The Kier molecular flexibility index (Phi) is 5.93. The second-order valence-corrected chi connectivity index (χ2v) is 9.25. The number of nitrogens with two attached hydrogens (primary N) is 1. The maximum absolute atomic E-state index is 14.7. The zero-order chi connectivity index (χ0) is 25.5. The molecule has 0 atom stereocenters. The van der Waals surface area contributed by atoms with E-state index in [2.05, 4.69) is 9.71 Å². The van der Waals surface area contributed by atoms with Crippen molar-refractivity contribution >= 4 is 32.3 Å². The summed E-state index contributed by atoms with van der Waals surface area (Å²) in [6.07, 6.45) is -4.64. The molecule has 12 heteroatoms. The number of rotatable bonds is 5. The van der Waals surface area contributed by atoms with Crippen LogP contribution in [0.15, 0.2) is 65.6 Å². The molecule has 0 saturated heterocycles. The van der Waals surface area contributed by atoms with Crippen LogP contribution in [0.25, 0.3) is 10.9 Å². The van der Waals surface area contributed by atoms with Gasteiger partial charge in [0, 0.05) is 41.0 Å². The van der Waals surface area contributed by atoms with Gasteiger partial charge in [-0.3, -0.25) is 9.71 Å². The first-order valence-electron chi connectivity index (χ1n) is 9.91. The molecule has 0 spiro atoms. The van der Waals surface area contributed by atoms with Crippen LogP contribution in [-0.2, 0) is 16.2 Å². The van der Waals surface area contributed by atoms with Gasteiger partial charge in [-0.2, -0.15) is 13.2 Å². The van der Waals surface area contributed by atoms with Crippen molar-refractivity contribution in [3.63, 3.8) is 0 Å². The van der Waals surface area contributed by atoms with E-state index < -0.39 is 33.3 Å². The Morgan fingerprint density at radius 2 is 1.80 bits per heavy atom. The predicted octanol–water partition coefficient (Wildman–Crippen LogP) is 5.58. The van der Waals surface area contributed by atoms with Gasteiger partial charge in [0.2, 0.25) is 0 Å². The summed E-state index contributed by atoms with van der Waals surface area (Å²) in [5.41, 5.74) is 4.11. The third-order valence-electron chi connectivity index (χ3n) is 4.87. The first-order valence-corrected chi connectivity index (χ1v) is 11.4. The van der Waals surface area contributed by atoms with Crippen LogP contribution >= 0.6 is 0 Å². The van der Waals surface area contributed by atoms with Crippen molar-refractivity contribution in [1.29, 1.82) is 0 Å². The van der Waals surface area contributed by atoms with Crippen molar-refractivity contribution in [3.8, 4) is 17.2 Å². The van der Waals surface area contributed by atoms with E-state index in [1.54, 1.807) is 0 Å². The van der Waals surface area contributed by atoms with Crippen molar-refractivity contribution in [1.82, 2.24) is 4.98 Å². The summed E-state index contributed by atoms with van der Waals surface area (Å²) >= 11 is 0. The Hall–Kier alpha value is -4.06. The standard InChI is InChI=1S/C23H17F4N3O4S/c1-12-7-21(17-3-2-4-18(22(17)29-12)23(25,26)27)34-15-5-6-20(19(24)11-15)30-35(32,33)16-9-13(28)8-14(31)10-16/h2-11,30-31H,28H2,1H3. The fourth-order valence-corrected chi connectivity index (χ4v) is 4.53. The maximum Gasteiger partial charge on any atom is 0.418 e. The van der Waals surface area contributed by atoms with Crippen molar-refractivity contribution in [2.24, 2.45) is 0 Å². The molecule has 4 aromatic rings. The smallest absolute Gasteiger partial charge is 0.418 e.